The molecule has 0 saturated heterocycles. The van der Waals surface area contributed by atoms with Crippen molar-refractivity contribution in [1.29, 1.82) is 0 Å². The van der Waals surface area contributed by atoms with Gasteiger partial charge >= 0.3 is 0 Å². The van der Waals surface area contributed by atoms with E-state index in [0.717, 1.165) is 16.1 Å². The molecule has 2 aromatic heterocycles. The van der Waals surface area contributed by atoms with E-state index >= 15 is 0 Å². The van der Waals surface area contributed by atoms with Crippen molar-refractivity contribution in [3.05, 3.63) is 75.7 Å². The highest BCUT2D eigenvalue weighted by Crippen LogP contribution is 2.24. The van der Waals surface area contributed by atoms with Gasteiger partial charge in [-0.15, -0.1) is 11.3 Å². The minimum absolute atomic E-state index is 0.139. The highest BCUT2D eigenvalue weighted by Gasteiger charge is 2.24. The molecule has 0 radical (unpaired) electrons. The minimum Gasteiger partial charge on any atom is -0.382 e. The van der Waals surface area contributed by atoms with Crippen molar-refractivity contribution in [2.24, 2.45) is 0 Å². The molecule has 0 aliphatic carbocycles. The lowest BCUT2D eigenvalue weighted by molar-refractivity contribution is -0.131. The molecule has 0 saturated carbocycles. The second kappa shape index (κ2) is 6.82. The normalized spacial score (nSPS) is 15.0. The van der Waals surface area contributed by atoms with Crippen LogP contribution in [0, 0.1) is 0 Å². The van der Waals surface area contributed by atoms with Gasteiger partial charge in [-0.25, -0.2) is 0 Å². The third kappa shape index (κ3) is 3.36. The van der Waals surface area contributed by atoms with E-state index in [9.17, 15) is 9.90 Å². The first-order chi connectivity index (χ1) is 12.2. The summed E-state index contributed by atoms with van der Waals surface area (Å²) in [4.78, 5) is 15.4. The zero-order valence-electron chi connectivity index (χ0n) is 13.7. The quantitative estimate of drug-likeness (QED) is 0.784. The first-order valence-corrected chi connectivity index (χ1v) is 9.18. The van der Waals surface area contributed by atoms with Crippen molar-refractivity contribution < 1.29 is 9.90 Å². The number of aliphatic hydroxyl groups is 1. The molecule has 0 spiro atoms. The Balaban J connectivity index is 1.48. The van der Waals surface area contributed by atoms with Gasteiger partial charge in [0.1, 0.15) is 6.10 Å². The SMILES string of the molecule is O=C(Cc1cccs1)N1CCn2nc([C@H](O)c3ccccc3)cc2C1. The van der Waals surface area contributed by atoms with Crippen LogP contribution in [0.4, 0.5) is 0 Å². The Labute approximate surface area is 150 Å². The van der Waals surface area contributed by atoms with Crippen LogP contribution in [0.2, 0.25) is 0 Å². The van der Waals surface area contributed by atoms with Crippen molar-refractivity contribution in [1.82, 2.24) is 14.7 Å². The molecule has 25 heavy (non-hydrogen) atoms. The third-order valence-electron chi connectivity index (χ3n) is 4.47. The first kappa shape index (κ1) is 16.1. The summed E-state index contributed by atoms with van der Waals surface area (Å²) in [5.74, 6) is 0.139. The number of fused-ring (bicyclic) bond motifs is 1. The number of carbonyl (C=O) groups excluding carboxylic acids is 1. The van der Waals surface area contributed by atoms with E-state index in [0.29, 0.717) is 31.7 Å². The molecule has 1 amide bonds. The van der Waals surface area contributed by atoms with Gasteiger partial charge in [-0.1, -0.05) is 36.4 Å². The van der Waals surface area contributed by atoms with Crippen LogP contribution >= 0.6 is 11.3 Å². The number of nitrogens with zero attached hydrogens (tertiary/aromatic N) is 3. The van der Waals surface area contributed by atoms with E-state index in [4.69, 9.17) is 0 Å². The van der Waals surface area contributed by atoms with Gasteiger partial charge in [0, 0.05) is 11.4 Å². The van der Waals surface area contributed by atoms with Crippen molar-refractivity contribution in [2.45, 2.75) is 25.6 Å². The van der Waals surface area contributed by atoms with Crippen molar-refractivity contribution in [2.75, 3.05) is 6.54 Å². The van der Waals surface area contributed by atoms with E-state index < -0.39 is 6.10 Å². The molecule has 1 aliphatic heterocycles. The summed E-state index contributed by atoms with van der Waals surface area (Å²) in [6.07, 6.45) is -0.291. The monoisotopic (exact) mass is 353 g/mol. The number of carbonyl (C=O) groups is 1. The Kier molecular flexibility index (Phi) is 4.38. The fourth-order valence-corrected chi connectivity index (χ4v) is 3.81. The predicted octanol–water partition coefficient (Wildman–Crippen LogP) is 2.61. The molecule has 5 nitrogen and oxygen atoms in total. The van der Waals surface area contributed by atoms with E-state index in [1.807, 2.05) is 63.5 Å². The Hall–Kier alpha value is -2.44. The molecule has 0 bridgehead atoms. The number of hydrogen-bond acceptors (Lipinski definition) is 4. The van der Waals surface area contributed by atoms with Gasteiger partial charge in [0.15, 0.2) is 0 Å². The lowest BCUT2D eigenvalue weighted by Crippen LogP contribution is -2.39. The summed E-state index contributed by atoms with van der Waals surface area (Å²) < 4.78 is 1.90. The van der Waals surface area contributed by atoms with Crippen LogP contribution in [-0.2, 0) is 24.3 Å². The molecule has 0 unspecified atom stereocenters. The fraction of sp³-hybridized carbons (Fsp3) is 0.263. The number of aromatic nitrogens is 2. The van der Waals surface area contributed by atoms with Gasteiger partial charge in [-0.2, -0.15) is 5.10 Å². The van der Waals surface area contributed by atoms with Crippen LogP contribution in [0.15, 0.2) is 53.9 Å². The Morgan fingerprint density at radius 1 is 1.20 bits per heavy atom. The Morgan fingerprint density at radius 3 is 2.80 bits per heavy atom. The van der Waals surface area contributed by atoms with Gasteiger partial charge in [0.05, 0.1) is 30.9 Å². The van der Waals surface area contributed by atoms with Crippen LogP contribution in [0.25, 0.3) is 0 Å². The summed E-state index contributed by atoms with van der Waals surface area (Å²) in [6.45, 7) is 1.85. The van der Waals surface area contributed by atoms with E-state index in [1.54, 1.807) is 11.3 Å². The summed E-state index contributed by atoms with van der Waals surface area (Å²) in [6, 6.07) is 15.4. The van der Waals surface area contributed by atoms with Crippen molar-refractivity contribution in [3.8, 4) is 0 Å². The van der Waals surface area contributed by atoms with Gasteiger partial charge in [0.25, 0.3) is 0 Å². The number of rotatable bonds is 4. The summed E-state index contributed by atoms with van der Waals surface area (Å²) in [5.41, 5.74) is 2.42. The van der Waals surface area contributed by atoms with Crippen LogP contribution in [0.3, 0.4) is 0 Å². The van der Waals surface area contributed by atoms with E-state index in [1.165, 1.54) is 0 Å². The molecular formula is C19H19N3O2S. The number of benzene rings is 1. The maximum absolute atomic E-state index is 12.5. The van der Waals surface area contributed by atoms with E-state index in [2.05, 4.69) is 5.10 Å². The highest BCUT2D eigenvalue weighted by molar-refractivity contribution is 7.10. The van der Waals surface area contributed by atoms with Crippen molar-refractivity contribution >= 4 is 17.2 Å². The molecule has 128 valence electrons. The van der Waals surface area contributed by atoms with Gasteiger partial charge in [-0.05, 0) is 23.1 Å². The molecule has 4 rings (SSSR count). The van der Waals surface area contributed by atoms with Crippen LogP contribution < -0.4 is 0 Å². The number of aliphatic hydroxyl groups excluding tert-OH is 1. The average Bonchev–Trinajstić information content (AvgIpc) is 3.30. The van der Waals surface area contributed by atoms with E-state index in [-0.39, 0.29) is 5.91 Å². The highest BCUT2D eigenvalue weighted by atomic mass is 32.1. The third-order valence-corrected chi connectivity index (χ3v) is 5.35. The van der Waals surface area contributed by atoms with Crippen molar-refractivity contribution in [3.63, 3.8) is 0 Å². The summed E-state index contributed by atoms with van der Waals surface area (Å²) >= 11 is 1.61. The standard InChI is InChI=1S/C19H19N3O2S/c23-18(12-16-7-4-10-25-16)21-8-9-22-15(13-21)11-17(20-22)19(24)14-5-2-1-3-6-14/h1-7,10-11,19,24H,8-9,12-13H2/t19-/m1/s1. The molecule has 3 heterocycles. The fourth-order valence-electron chi connectivity index (χ4n) is 3.12. The van der Waals surface area contributed by atoms with Gasteiger partial charge in [-0.3, -0.25) is 9.48 Å². The zero-order chi connectivity index (χ0) is 17.2. The summed E-state index contributed by atoms with van der Waals surface area (Å²) in [7, 11) is 0. The van der Waals surface area contributed by atoms with Crippen LogP contribution in [0.1, 0.15) is 27.9 Å². The summed E-state index contributed by atoms with van der Waals surface area (Å²) in [5, 5.41) is 17.1. The average molecular weight is 353 g/mol. The maximum atomic E-state index is 12.5. The zero-order valence-corrected chi connectivity index (χ0v) is 14.5. The smallest absolute Gasteiger partial charge is 0.228 e. The molecular weight excluding hydrogens is 334 g/mol. The lowest BCUT2D eigenvalue weighted by Gasteiger charge is -2.27. The van der Waals surface area contributed by atoms with Crippen LogP contribution in [-0.4, -0.2) is 32.2 Å². The number of hydrogen-bond donors (Lipinski definition) is 1. The molecule has 6 heteroatoms. The second-order valence-electron chi connectivity index (χ2n) is 6.17. The predicted molar refractivity (Wildman–Crippen MR) is 96.2 cm³/mol. The maximum Gasteiger partial charge on any atom is 0.228 e. The largest absolute Gasteiger partial charge is 0.382 e. The second-order valence-corrected chi connectivity index (χ2v) is 7.20. The van der Waals surface area contributed by atoms with Crippen LogP contribution in [0.5, 0.6) is 0 Å². The number of thiophene rings is 1. The topological polar surface area (TPSA) is 58.4 Å². The molecule has 0 fully saturated rings. The van der Waals surface area contributed by atoms with Gasteiger partial charge < -0.3 is 10.0 Å². The molecule has 3 aromatic rings. The molecule has 1 N–H and O–H groups in total. The Morgan fingerprint density at radius 2 is 2.04 bits per heavy atom. The first-order valence-electron chi connectivity index (χ1n) is 8.30. The molecule has 1 aromatic carbocycles. The molecule has 1 aliphatic rings. The lowest BCUT2D eigenvalue weighted by atomic mass is 10.1. The minimum atomic E-state index is -0.741. The molecule has 1 atom stereocenters. The number of amides is 1. The Bertz CT molecular complexity index is 858. The van der Waals surface area contributed by atoms with Gasteiger partial charge in [0.2, 0.25) is 5.91 Å².